The molecule has 1 aliphatic rings. The van der Waals surface area contributed by atoms with Crippen LogP contribution < -0.4 is 0 Å². The van der Waals surface area contributed by atoms with Crippen LogP contribution in [0.2, 0.25) is 0 Å². The van der Waals surface area contributed by atoms with Crippen molar-refractivity contribution in [3.63, 3.8) is 0 Å². The van der Waals surface area contributed by atoms with Gasteiger partial charge in [-0.15, -0.1) is 0 Å². The van der Waals surface area contributed by atoms with Crippen LogP contribution in [0, 0.1) is 0 Å². The van der Waals surface area contributed by atoms with Gasteiger partial charge in [-0.3, -0.25) is 0 Å². The highest BCUT2D eigenvalue weighted by molar-refractivity contribution is 8.04. The monoisotopic (exact) mass is 142 g/mol. The first-order valence-corrected chi connectivity index (χ1v) is 5.13. The summed E-state index contributed by atoms with van der Waals surface area (Å²) in [7, 11) is 0. The van der Waals surface area contributed by atoms with E-state index in [9.17, 15) is 0 Å². The molecule has 36 valence electrons. The van der Waals surface area contributed by atoms with Crippen LogP contribution in [0.3, 0.4) is 0 Å². The number of halogens is 2. The largest absolute Gasteiger partial charge is 0.0886 e. The predicted molar refractivity (Wildman–Crippen MR) is 31.6 cm³/mol. The number of rotatable bonds is 1. The van der Waals surface area contributed by atoms with Crippen molar-refractivity contribution in [3.05, 3.63) is 0 Å². The second-order valence-electron chi connectivity index (χ2n) is 1.49. The quantitative estimate of drug-likeness (QED) is 0.495. The summed E-state index contributed by atoms with van der Waals surface area (Å²) in [6, 6.07) is 0. The Hall–Kier alpha value is 1.01. The van der Waals surface area contributed by atoms with Crippen LogP contribution in [0.15, 0.2) is 0 Å². The van der Waals surface area contributed by atoms with Crippen molar-refractivity contribution in [2.75, 3.05) is 0 Å². The van der Waals surface area contributed by atoms with E-state index in [1.165, 1.54) is 12.8 Å². The Morgan fingerprint density at radius 3 is 1.83 bits per heavy atom. The van der Waals surface area contributed by atoms with Crippen LogP contribution in [0.25, 0.3) is 0 Å². The van der Waals surface area contributed by atoms with Gasteiger partial charge in [0.05, 0.1) is 6.63 Å². The molecule has 0 nitrogen and oxygen atoms in total. The lowest BCUT2D eigenvalue weighted by atomic mass is 11.0. The molecule has 1 fully saturated rings. The molecule has 1 aliphatic carbocycles. The van der Waals surface area contributed by atoms with Gasteiger partial charge in [-0.05, 0) is 12.8 Å². The van der Waals surface area contributed by atoms with Crippen LogP contribution in [0.1, 0.15) is 12.8 Å². The van der Waals surface area contributed by atoms with Crippen molar-refractivity contribution < 1.29 is 0 Å². The van der Waals surface area contributed by atoms with E-state index in [0.29, 0.717) is 5.66 Å². The van der Waals surface area contributed by atoms with E-state index in [2.05, 4.69) is 0 Å². The van der Waals surface area contributed by atoms with E-state index in [4.69, 9.17) is 22.5 Å². The first kappa shape index (κ1) is 5.15. The summed E-state index contributed by atoms with van der Waals surface area (Å²) in [6.07, 6.45) is 2.53. The Kier molecular flexibility index (Phi) is 1.60. The van der Waals surface area contributed by atoms with Gasteiger partial charge in [0, 0.05) is 5.66 Å². The molecular formula is C3H5Cl2P. The third-order valence-corrected chi connectivity index (χ3v) is 3.55. The molecular weight excluding hydrogens is 138 g/mol. The Balaban J connectivity index is 2.13. The summed E-state index contributed by atoms with van der Waals surface area (Å²) in [5.41, 5.74) is 0.698. The molecule has 0 heterocycles. The van der Waals surface area contributed by atoms with E-state index >= 15 is 0 Å². The summed E-state index contributed by atoms with van der Waals surface area (Å²) in [5, 5.41) is 0. The Morgan fingerprint density at radius 2 is 1.83 bits per heavy atom. The molecule has 0 saturated heterocycles. The maximum Gasteiger partial charge on any atom is 0.0886 e. The molecule has 6 heavy (non-hydrogen) atoms. The second-order valence-corrected chi connectivity index (χ2v) is 5.44. The lowest BCUT2D eigenvalue weighted by Gasteiger charge is -1.87. The van der Waals surface area contributed by atoms with Crippen molar-refractivity contribution >= 4 is 29.1 Å². The fourth-order valence-electron chi connectivity index (χ4n) is 0.270. The molecule has 0 bridgehead atoms. The Labute approximate surface area is 48.2 Å². The van der Waals surface area contributed by atoms with E-state index in [1.807, 2.05) is 0 Å². The van der Waals surface area contributed by atoms with Crippen molar-refractivity contribution in [1.29, 1.82) is 0 Å². The zero-order valence-electron chi connectivity index (χ0n) is 3.19. The summed E-state index contributed by atoms with van der Waals surface area (Å²) < 4.78 is 0. The van der Waals surface area contributed by atoms with Gasteiger partial charge in [0.2, 0.25) is 0 Å². The van der Waals surface area contributed by atoms with Gasteiger partial charge in [-0.1, -0.05) is 22.5 Å². The summed E-state index contributed by atoms with van der Waals surface area (Å²) in [5.74, 6) is 0. The first-order chi connectivity index (χ1) is 2.80. The van der Waals surface area contributed by atoms with Gasteiger partial charge in [0.1, 0.15) is 0 Å². The van der Waals surface area contributed by atoms with E-state index < -0.39 is 6.63 Å². The Bertz CT molecular complexity index is 50.8. The molecule has 0 unspecified atom stereocenters. The van der Waals surface area contributed by atoms with E-state index in [1.54, 1.807) is 0 Å². The van der Waals surface area contributed by atoms with Crippen molar-refractivity contribution in [2.45, 2.75) is 18.5 Å². The minimum Gasteiger partial charge on any atom is -0.0778 e. The van der Waals surface area contributed by atoms with Gasteiger partial charge in [-0.2, -0.15) is 0 Å². The zero-order valence-corrected chi connectivity index (χ0v) is 5.60. The molecule has 3 heteroatoms. The average Bonchev–Trinajstić information content (AvgIpc) is 2.06. The lowest BCUT2D eigenvalue weighted by molar-refractivity contribution is 1.50. The molecule has 0 N–H and O–H groups in total. The van der Waals surface area contributed by atoms with Gasteiger partial charge >= 0.3 is 0 Å². The third kappa shape index (κ3) is 1.26. The highest BCUT2D eigenvalue weighted by atomic mass is 35.9. The van der Waals surface area contributed by atoms with Crippen LogP contribution in [0.5, 0.6) is 0 Å². The minimum atomic E-state index is -0.604. The number of hydrogen-bond acceptors (Lipinski definition) is 0. The van der Waals surface area contributed by atoms with E-state index in [0.717, 1.165) is 0 Å². The lowest BCUT2D eigenvalue weighted by Crippen LogP contribution is -1.58. The van der Waals surface area contributed by atoms with Crippen LogP contribution in [-0.2, 0) is 0 Å². The van der Waals surface area contributed by atoms with E-state index in [-0.39, 0.29) is 0 Å². The molecule has 0 radical (unpaired) electrons. The standard InChI is InChI=1S/C3H5Cl2P/c4-6(5)3-1-2-3/h3H,1-2H2. The maximum atomic E-state index is 5.51. The molecule has 0 aromatic carbocycles. The van der Waals surface area contributed by atoms with Crippen LogP contribution in [0.4, 0.5) is 0 Å². The average molecular weight is 143 g/mol. The Morgan fingerprint density at radius 1 is 1.33 bits per heavy atom. The maximum absolute atomic E-state index is 5.51. The van der Waals surface area contributed by atoms with Gasteiger partial charge in [0.15, 0.2) is 0 Å². The topological polar surface area (TPSA) is 0 Å². The predicted octanol–water partition coefficient (Wildman–Crippen LogP) is 2.94. The zero-order chi connectivity index (χ0) is 4.57. The fourth-order valence-corrected chi connectivity index (χ4v) is 1.98. The molecule has 0 aliphatic heterocycles. The summed E-state index contributed by atoms with van der Waals surface area (Å²) in [4.78, 5) is 0. The van der Waals surface area contributed by atoms with Crippen LogP contribution >= 0.6 is 29.1 Å². The van der Waals surface area contributed by atoms with Gasteiger partial charge in [-0.25, -0.2) is 0 Å². The molecule has 0 aromatic rings. The van der Waals surface area contributed by atoms with Gasteiger partial charge in [0.25, 0.3) is 0 Å². The van der Waals surface area contributed by atoms with Crippen molar-refractivity contribution in [2.24, 2.45) is 0 Å². The summed E-state index contributed by atoms with van der Waals surface area (Å²) >= 11 is 11.0. The third-order valence-electron chi connectivity index (χ3n) is 0.823. The SMILES string of the molecule is ClP(Cl)C1CC1. The second kappa shape index (κ2) is 1.86. The molecule has 0 amide bonds. The number of hydrogen-bond donors (Lipinski definition) is 0. The smallest absolute Gasteiger partial charge is 0.0778 e. The molecule has 0 spiro atoms. The highest BCUT2D eigenvalue weighted by Gasteiger charge is 2.28. The molecule has 0 aromatic heterocycles. The van der Waals surface area contributed by atoms with Crippen molar-refractivity contribution in [3.8, 4) is 0 Å². The molecule has 1 rings (SSSR count). The van der Waals surface area contributed by atoms with Gasteiger partial charge < -0.3 is 0 Å². The van der Waals surface area contributed by atoms with Crippen molar-refractivity contribution in [1.82, 2.24) is 0 Å². The minimum absolute atomic E-state index is 0.604. The first-order valence-electron chi connectivity index (χ1n) is 1.91. The molecule has 1 saturated carbocycles. The summed E-state index contributed by atoms with van der Waals surface area (Å²) in [6.45, 7) is -0.604. The van der Waals surface area contributed by atoms with Crippen LogP contribution in [-0.4, -0.2) is 5.66 Å². The fraction of sp³-hybridized carbons (Fsp3) is 1.00. The molecule has 0 atom stereocenters. The highest BCUT2D eigenvalue weighted by Crippen LogP contribution is 2.61. The normalized spacial score (nSPS) is 22.5.